The number of ether oxygens (including phenoxy) is 2. The number of anilines is 2. The zero-order valence-corrected chi connectivity index (χ0v) is 15.9. The van der Waals surface area contributed by atoms with E-state index < -0.39 is 10.0 Å². The molecule has 0 saturated carbocycles. The third kappa shape index (κ3) is 3.92. The molecule has 9 heteroatoms. The molecule has 1 aromatic carbocycles. The normalized spacial score (nSPS) is 19.6. The highest BCUT2D eigenvalue weighted by Gasteiger charge is 2.21. The van der Waals surface area contributed by atoms with Crippen LogP contribution < -0.4 is 19.1 Å². The van der Waals surface area contributed by atoms with Crippen molar-refractivity contribution in [2.45, 2.75) is 24.7 Å². The minimum absolute atomic E-state index is 0.0856. The predicted octanol–water partition coefficient (Wildman–Crippen LogP) is 2.28. The molecule has 1 saturated heterocycles. The molecule has 144 valence electrons. The third-order valence-corrected chi connectivity index (χ3v) is 6.05. The zero-order chi connectivity index (χ0) is 18.9. The van der Waals surface area contributed by atoms with E-state index in [0.29, 0.717) is 30.6 Å². The first-order valence-electron chi connectivity index (χ1n) is 9.02. The molecular weight excluding hydrogens is 368 g/mol. The number of rotatable bonds is 4. The third-order valence-electron chi connectivity index (χ3n) is 4.69. The van der Waals surface area contributed by atoms with Crippen LogP contribution in [-0.4, -0.2) is 44.9 Å². The Morgan fingerprint density at radius 2 is 1.93 bits per heavy atom. The van der Waals surface area contributed by atoms with Gasteiger partial charge in [0.2, 0.25) is 0 Å². The van der Waals surface area contributed by atoms with Crippen LogP contribution in [0.3, 0.4) is 0 Å². The average Bonchev–Trinajstić information content (AvgIpc) is 2.68. The minimum Gasteiger partial charge on any atom is -0.486 e. The van der Waals surface area contributed by atoms with Crippen molar-refractivity contribution in [1.82, 2.24) is 10.2 Å². The lowest BCUT2D eigenvalue weighted by Gasteiger charge is -2.31. The van der Waals surface area contributed by atoms with Crippen LogP contribution >= 0.6 is 0 Å². The highest BCUT2D eigenvalue weighted by Crippen LogP contribution is 2.32. The van der Waals surface area contributed by atoms with E-state index >= 15 is 0 Å². The molecule has 4 rings (SSSR count). The van der Waals surface area contributed by atoms with E-state index in [1.54, 1.807) is 18.2 Å². The molecule has 1 fully saturated rings. The second-order valence-electron chi connectivity index (χ2n) is 6.88. The quantitative estimate of drug-likeness (QED) is 0.856. The lowest BCUT2D eigenvalue weighted by molar-refractivity contribution is 0.171. The number of benzene rings is 1. The molecule has 0 amide bonds. The van der Waals surface area contributed by atoms with Crippen LogP contribution in [0.2, 0.25) is 0 Å². The van der Waals surface area contributed by atoms with Crippen LogP contribution in [0.5, 0.6) is 11.5 Å². The summed E-state index contributed by atoms with van der Waals surface area (Å²) in [6, 6.07) is 7.96. The lowest BCUT2D eigenvalue weighted by atomic mass is 10.0. The summed E-state index contributed by atoms with van der Waals surface area (Å²) in [7, 11) is -3.79. The number of fused-ring (bicyclic) bond motifs is 1. The van der Waals surface area contributed by atoms with E-state index in [4.69, 9.17) is 9.47 Å². The fourth-order valence-corrected chi connectivity index (χ4v) is 4.34. The fourth-order valence-electron chi connectivity index (χ4n) is 3.33. The molecule has 2 aromatic rings. The Hall–Kier alpha value is -2.55. The average molecular weight is 390 g/mol. The molecule has 0 aliphatic carbocycles. The van der Waals surface area contributed by atoms with Gasteiger partial charge in [-0.3, -0.25) is 4.72 Å². The first kappa shape index (κ1) is 17.8. The summed E-state index contributed by atoms with van der Waals surface area (Å²) < 4.78 is 38.6. The summed E-state index contributed by atoms with van der Waals surface area (Å²) in [5, 5.41) is 8.23. The SMILES string of the molecule is CC1CCCN(c2ccc(NS(=O)(=O)c3ccc4c(c3)OCCO4)nn2)C1. The van der Waals surface area contributed by atoms with Gasteiger partial charge in [0.05, 0.1) is 4.90 Å². The summed E-state index contributed by atoms with van der Waals surface area (Å²) >= 11 is 0. The lowest BCUT2D eigenvalue weighted by Crippen LogP contribution is -2.34. The number of nitrogens with zero attached hydrogens (tertiary/aromatic N) is 3. The smallest absolute Gasteiger partial charge is 0.263 e. The summed E-state index contributed by atoms with van der Waals surface area (Å²) in [6.07, 6.45) is 2.35. The van der Waals surface area contributed by atoms with E-state index in [0.717, 1.165) is 25.3 Å². The van der Waals surface area contributed by atoms with Crippen LogP contribution in [-0.2, 0) is 10.0 Å². The Balaban J connectivity index is 1.49. The Morgan fingerprint density at radius 1 is 1.11 bits per heavy atom. The Bertz CT molecular complexity index is 917. The number of piperidine rings is 1. The largest absolute Gasteiger partial charge is 0.486 e. The standard InChI is InChI=1S/C18H22N4O4S/c1-13-3-2-8-22(12-13)18-7-6-17(19-20-18)21-27(23,24)14-4-5-15-16(11-14)26-10-9-25-15/h4-7,11,13H,2-3,8-10,12H2,1H3,(H,19,21). The highest BCUT2D eigenvalue weighted by molar-refractivity contribution is 7.92. The van der Waals surface area contributed by atoms with Crippen molar-refractivity contribution < 1.29 is 17.9 Å². The van der Waals surface area contributed by atoms with Crippen LogP contribution in [0.4, 0.5) is 11.6 Å². The maximum atomic E-state index is 12.6. The molecule has 1 aromatic heterocycles. The second kappa shape index (κ2) is 7.22. The van der Waals surface area contributed by atoms with Gasteiger partial charge >= 0.3 is 0 Å². The molecule has 1 atom stereocenters. The highest BCUT2D eigenvalue weighted by atomic mass is 32.2. The van der Waals surface area contributed by atoms with Gasteiger partial charge < -0.3 is 14.4 Å². The van der Waals surface area contributed by atoms with Crippen molar-refractivity contribution in [3.63, 3.8) is 0 Å². The first-order valence-corrected chi connectivity index (χ1v) is 10.5. The number of hydrogen-bond donors (Lipinski definition) is 1. The van der Waals surface area contributed by atoms with Crippen LogP contribution in [0, 0.1) is 5.92 Å². The monoisotopic (exact) mass is 390 g/mol. The van der Waals surface area contributed by atoms with E-state index in [9.17, 15) is 8.42 Å². The van der Waals surface area contributed by atoms with E-state index in [1.165, 1.54) is 18.6 Å². The van der Waals surface area contributed by atoms with E-state index in [2.05, 4.69) is 26.7 Å². The molecule has 2 aliphatic heterocycles. The molecule has 27 heavy (non-hydrogen) atoms. The Kier molecular flexibility index (Phi) is 4.77. The molecule has 3 heterocycles. The summed E-state index contributed by atoms with van der Waals surface area (Å²) in [6.45, 7) is 4.95. The molecule has 0 bridgehead atoms. The summed E-state index contributed by atoms with van der Waals surface area (Å²) in [5.41, 5.74) is 0. The van der Waals surface area contributed by atoms with Crippen molar-refractivity contribution >= 4 is 21.7 Å². The maximum absolute atomic E-state index is 12.6. The van der Waals surface area contributed by atoms with Crippen molar-refractivity contribution in [1.29, 1.82) is 0 Å². The van der Waals surface area contributed by atoms with Crippen LogP contribution in [0.1, 0.15) is 19.8 Å². The predicted molar refractivity (Wildman–Crippen MR) is 101 cm³/mol. The van der Waals surface area contributed by atoms with Crippen molar-refractivity contribution in [2.24, 2.45) is 5.92 Å². The van der Waals surface area contributed by atoms with Gasteiger partial charge in [0.15, 0.2) is 23.1 Å². The molecule has 2 aliphatic rings. The molecule has 1 N–H and O–H groups in total. The number of sulfonamides is 1. The minimum atomic E-state index is -3.79. The van der Waals surface area contributed by atoms with Gasteiger partial charge in [0.25, 0.3) is 10.0 Å². The molecule has 1 unspecified atom stereocenters. The van der Waals surface area contributed by atoms with Gasteiger partial charge in [0, 0.05) is 19.2 Å². The van der Waals surface area contributed by atoms with Gasteiger partial charge in [-0.05, 0) is 43.0 Å². The molecule has 0 radical (unpaired) electrons. The number of nitrogens with one attached hydrogen (secondary N) is 1. The summed E-state index contributed by atoms with van der Waals surface area (Å²) in [4.78, 5) is 2.27. The summed E-state index contributed by atoms with van der Waals surface area (Å²) in [5.74, 6) is 2.53. The second-order valence-corrected chi connectivity index (χ2v) is 8.56. The zero-order valence-electron chi connectivity index (χ0n) is 15.1. The van der Waals surface area contributed by atoms with Crippen LogP contribution in [0.25, 0.3) is 0 Å². The Morgan fingerprint density at radius 3 is 2.67 bits per heavy atom. The topological polar surface area (TPSA) is 93.7 Å². The van der Waals surface area contributed by atoms with E-state index in [-0.39, 0.29) is 10.7 Å². The Labute approximate surface area is 158 Å². The molecule has 0 spiro atoms. The maximum Gasteiger partial charge on any atom is 0.263 e. The van der Waals surface area contributed by atoms with Gasteiger partial charge in [-0.1, -0.05) is 6.92 Å². The number of hydrogen-bond acceptors (Lipinski definition) is 7. The van der Waals surface area contributed by atoms with E-state index in [1.807, 2.05) is 0 Å². The van der Waals surface area contributed by atoms with Gasteiger partial charge in [0.1, 0.15) is 13.2 Å². The van der Waals surface area contributed by atoms with Crippen molar-refractivity contribution in [2.75, 3.05) is 35.9 Å². The van der Waals surface area contributed by atoms with Crippen LogP contribution in [0.15, 0.2) is 35.2 Å². The van der Waals surface area contributed by atoms with Gasteiger partial charge in [-0.2, -0.15) is 0 Å². The molecule has 8 nitrogen and oxygen atoms in total. The fraction of sp³-hybridized carbons (Fsp3) is 0.444. The number of aromatic nitrogens is 2. The van der Waals surface area contributed by atoms with Crippen molar-refractivity contribution in [3.05, 3.63) is 30.3 Å². The molecular formula is C18H22N4O4S. The van der Waals surface area contributed by atoms with Crippen molar-refractivity contribution in [3.8, 4) is 11.5 Å². The van der Waals surface area contributed by atoms with Gasteiger partial charge in [-0.15, -0.1) is 10.2 Å². The van der Waals surface area contributed by atoms with Gasteiger partial charge in [-0.25, -0.2) is 8.42 Å². The first-order chi connectivity index (χ1) is 13.0.